The van der Waals surface area contributed by atoms with Gasteiger partial charge >= 0.3 is 0 Å². The third-order valence-electron chi connectivity index (χ3n) is 4.24. The summed E-state index contributed by atoms with van der Waals surface area (Å²) in [4.78, 5) is 0. The molecule has 0 aromatic heterocycles. The maximum atomic E-state index is 9.40. The Morgan fingerprint density at radius 2 is 2.30 bits per heavy atom. The van der Waals surface area contributed by atoms with Gasteiger partial charge in [-0.25, -0.2) is 0 Å². The normalized spacial score (nSPS) is 30.7. The molecular weight excluding hydrogens is 248 g/mol. The quantitative estimate of drug-likeness (QED) is 0.682. The van der Waals surface area contributed by atoms with Gasteiger partial charge in [0.15, 0.2) is 0 Å². The van der Waals surface area contributed by atoms with Crippen LogP contribution in [-0.4, -0.2) is 12.6 Å². The van der Waals surface area contributed by atoms with Gasteiger partial charge < -0.3 is 16.4 Å². The van der Waals surface area contributed by atoms with Gasteiger partial charge in [0.05, 0.1) is 17.6 Å². The Kier molecular flexibility index (Phi) is 3.04. The summed E-state index contributed by atoms with van der Waals surface area (Å²) >= 11 is 0. The molecular formula is C16H20N4. The zero-order valence-corrected chi connectivity index (χ0v) is 11.9. The Labute approximate surface area is 119 Å². The number of hydrogen-bond acceptors (Lipinski definition) is 4. The monoisotopic (exact) mass is 268 g/mol. The van der Waals surface area contributed by atoms with E-state index in [-0.39, 0.29) is 12.1 Å². The Morgan fingerprint density at radius 1 is 1.50 bits per heavy atom. The van der Waals surface area contributed by atoms with Crippen molar-refractivity contribution < 1.29 is 0 Å². The molecule has 0 unspecified atom stereocenters. The average molecular weight is 268 g/mol. The second kappa shape index (κ2) is 4.62. The summed E-state index contributed by atoms with van der Waals surface area (Å²) in [6.45, 7) is 5.00. The minimum absolute atomic E-state index is 0.166. The number of nitrogens with one attached hydrogen (secondary N) is 2. The second-order valence-corrected chi connectivity index (χ2v) is 5.94. The van der Waals surface area contributed by atoms with E-state index in [2.05, 4.69) is 42.7 Å². The van der Waals surface area contributed by atoms with Gasteiger partial charge in [-0.1, -0.05) is 23.8 Å². The van der Waals surface area contributed by atoms with Crippen molar-refractivity contribution in [2.75, 3.05) is 11.9 Å². The van der Waals surface area contributed by atoms with Crippen LogP contribution < -0.4 is 16.4 Å². The van der Waals surface area contributed by atoms with E-state index >= 15 is 0 Å². The molecule has 0 aliphatic carbocycles. The molecule has 2 heterocycles. The van der Waals surface area contributed by atoms with Crippen molar-refractivity contribution in [3.63, 3.8) is 0 Å². The lowest BCUT2D eigenvalue weighted by Crippen LogP contribution is -2.47. The highest BCUT2D eigenvalue weighted by atomic mass is 15.1. The van der Waals surface area contributed by atoms with Crippen LogP contribution in [0.25, 0.3) is 0 Å². The third-order valence-corrected chi connectivity index (χ3v) is 4.24. The summed E-state index contributed by atoms with van der Waals surface area (Å²) < 4.78 is 0. The first-order valence-electron chi connectivity index (χ1n) is 7.03. The summed E-state index contributed by atoms with van der Waals surface area (Å²) in [7, 11) is 0. The van der Waals surface area contributed by atoms with Crippen molar-refractivity contribution in [1.29, 1.82) is 5.26 Å². The lowest BCUT2D eigenvalue weighted by molar-refractivity contribution is 0.407. The predicted octanol–water partition coefficient (Wildman–Crippen LogP) is 2.16. The average Bonchev–Trinajstić information content (AvgIpc) is 2.61. The lowest BCUT2D eigenvalue weighted by Gasteiger charge is -2.27. The van der Waals surface area contributed by atoms with E-state index in [1.807, 2.05) is 12.1 Å². The topological polar surface area (TPSA) is 73.9 Å². The number of anilines is 1. The second-order valence-electron chi connectivity index (χ2n) is 5.94. The summed E-state index contributed by atoms with van der Waals surface area (Å²) in [5, 5.41) is 16.2. The molecule has 2 aliphatic rings. The molecule has 4 heteroatoms. The predicted molar refractivity (Wildman–Crippen MR) is 80.1 cm³/mol. The highest BCUT2D eigenvalue weighted by Crippen LogP contribution is 2.45. The van der Waals surface area contributed by atoms with Crippen molar-refractivity contribution >= 4 is 5.69 Å². The number of nitriles is 1. The van der Waals surface area contributed by atoms with E-state index in [1.54, 1.807) is 0 Å². The summed E-state index contributed by atoms with van der Waals surface area (Å²) in [6, 6.07) is 8.29. The van der Waals surface area contributed by atoms with Crippen LogP contribution in [0, 0.1) is 11.3 Å². The molecule has 20 heavy (non-hydrogen) atoms. The molecule has 0 saturated carbocycles. The summed E-state index contributed by atoms with van der Waals surface area (Å²) in [6.07, 6.45) is 2.98. The largest absolute Gasteiger partial charge is 0.368 e. The fraction of sp³-hybridized carbons (Fsp3) is 0.438. The molecule has 0 bridgehead atoms. The van der Waals surface area contributed by atoms with Crippen LogP contribution in [0.3, 0.4) is 0 Å². The van der Waals surface area contributed by atoms with Crippen molar-refractivity contribution in [1.82, 2.24) is 5.32 Å². The molecule has 1 aromatic rings. The molecule has 0 radical (unpaired) electrons. The fourth-order valence-electron chi connectivity index (χ4n) is 3.34. The number of allylic oxidation sites excluding steroid dienone is 1. The van der Waals surface area contributed by atoms with E-state index in [1.165, 1.54) is 11.1 Å². The van der Waals surface area contributed by atoms with Gasteiger partial charge in [0, 0.05) is 11.3 Å². The van der Waals surface area contributed by atoms with Crippen LogP contribution in [-0.2, 0) is 5.54 Å². The highest BCUT2D eigenvalue weighted by Gasteiger charge is 2.47. The Hall–Kier alpha value is -1.83. The van der Waals surface area contributed by atoms with Crippen LogP contribution >= 0.6 is 0 Å². The summed E-state index contributed by atoms with van der Waals surface area (Å²) in [5.41, 5.74) is 10.6. The number of nitrogens with two attached hydrogens (primary N) is 1. The third kappa shape index (κ3) is 1.82. The van der Waals surface area contributed by atoms with Crippen LogP contribution in [0.2, 0.25) is 0 Å². The highest BCUT2D eigenvalue weighted by molar-refractivity contribution is 5.67. The van der Waals surface area contributed by atoms with E-state index < -0.39 is 5.54 Å². The SMILES string of the molecule is CC(C)=C[C@H]1NCC[C@]2(N)c3c(cccc31)N[C@@H]2C#N. The van der Waals surface area contributed by atoms with Gasteiger partial charge in [0.2, 0.25) is 0 Å². The van der Waals surface area contributed by atoms with Gasteiger partial charge in [0.1, 0.15) is 6.04 Å². The Balaban J connectivity index is 2.19. The Bertz CT molecular complexity index is 609. The maximum absolute atomic E-state index is 9.40. The van der Waals surface area contributed by atoms with Gasteiger partial charge in [-0.05, 0) is 38.4 Å². The first-order valence-corrected chi connectivity index (χ1v) is 7.03. The maximum Gasteiger partial charge on any atom is 0.137 e. The minimum Gasteiger partial charge on any atom is -0.368 e. The molecule has 0 amide bonds. The Morgan fingerprint density at radius 3 is 3.00 bits per heavy atom. The van der Waals surface area contributed by atoms with Crippen molar-refractivity contribution in [3.8, 4) is 6.07 Å². The van der Waals surface area contributed by atoms with Crippen LogP contribution in [0.15, 0.2) is 29.8 Å². The molecule has 2 aliphatic heterocycles. The summed E-state index contributed by atoms with van der Waals surface area (Å²) in [5.74, 6) is 0. The molecule has 4 N–H and O–H groups in total. The zero-order chi connectivity index (χ0) is 14.3. The van der Waals surface area contributed by atoms with Crippen LogP contribution in [0.5, 0.6) is 0 Å². The number of rotatable bonds is 1. The molecule has 1 aromatic carbocycles. The fourth-order valence-corrected chi connectivity index (χ4v) is 3.34. The van der Waals surface area contributed by atoms with E-state index in [4.69, 9.17) is 5.73 Å². The van der Waals surface area contributed by atoms with Crippen molar-refractivity contribution in [3.05, 3.63) is 41.0 Å². The molecule has 4 nitrogen and oxygen atoms in total. The van der Waals surface area contributed by atoms with E-state index in [9.17, 15) is 5.26 Å². The minimum atomic E-state index is -0.599. The molecule has 104 valence electrons. The van der Waals surface area contributed by atoms with Gasteiger partial charge in [-0.2, -0.15) is 5.26 Å². The first-order chi connectivity index (χ1) is 9.56. The molecule has 0 saturated heterocycles. The number of nitrogens with zero attached hydrogens (tertiary/aromatic N) is 1. The number of benzene rings is 1. The zero-order valence-electron chi connectivity index (χ0n) is 11.9. The van der Waals surface area contributed by atoms with E-state index in [0.29, 0.717) is 0 Å². The van der Waals surface area contributed by atoms with Crippen molar-refractivity contribution in [2.45, 2.75) is 37.9 Å². The van der Waals surface area contributed by atoms with Gasteiger partial charge in [-0.3, -0.25) is 0 Å². The van der Waals surface area contributed by atoms with Crippen LogP contribution in [0.4, 0.5) is 5.69 Å². The van der Waals surface area contributed by atoms with Crippen molar-refractivity contribution in [2.24, 2.45) is 5.73 Å². The smallest absolute Gasteiger partial charge is 0.137 e. The first kappa shape index (κ1) is 13.2. The molecule has 3 atom stereocenters. The van der Waals surface area contributed by atoms with Gasteiger partial charge in [0.25, 0.3) is 0 Å². The van der Waals surface area contributed by atoms with Gasteiger partial charge in [-0.15, -0.1) is 0 Å². The standard InChI is InChI=1S/C16H20N4/c1-10(2)8-13-11-4-3-5-12-15(11)16(18,6-7-19-13)14(9-17)20-12/h3-5,8,13-14,19-20H,6-7,18H2,1-2H3/t13-,14-,16-/m1/s1. The van der Waals surface area contributed by atoms with Crippen LogP contribution in [0.1, 0.15) is 37.4 Å². The molecule has 3 rings (SSSR count). The molecule has 0 fully saturated rings. The molecule has 0 spiro atoms. The number of hydrogen-bond donors (Lipinski definition) is 3. The lowest BCUT2D eigenvalue weighted by atomic mass is 9.81. The van der Waals surface area contributed by atoms with E-state index in [0.717, 1.165) is 24.2 Å².